The number of likely N-dealkylation sites (tertiary alicyclic amines) is 1. The molecule has 0 spiro atoms. The Kier molecular flexibility index (Phi) is 5.27. The van der Waals surface area contributed by atoms with Crippen molar-refractivity contribution in [1.29, 1.82) is 0 Å². The molecule has 112 valence electrons. The van der Waals surface area contributed by atoms with Gasteiger partial charge in [-0.2, -0.15) is 0 Å². The lowest BCUT2D eigenvalue weighted by molar-refractivity contribution is 0.00575. The molecule has 2 fully saturated rings. The molecule has 0 aromatic carbocycles. The summed E-state index contributed by atoms with van der Waals surface area (Å²) < 4.78 is 0. The van der Waals surface area contributed by atoms with Gasteiger partial charge in [0.15, 0.2) is 0 Å². The van der Waals surface area contributed by atoms with Crippen molar-refractivity contribution in [2.75, 3.05) is 33.2 Å². The smallest absolute Gasteiger partial charge is 0.0590 e. The van der Waals surface area contributed by atoms with E-state index >= 15 is 0 Å². The summed E-state index contributed by atoms with van der Waals surface area (Å²) in [6.45, 7) is 9.09. The molecule has 3 nitrogen and oxygen atoms in total. The fraction of sp³-hybridized carbons (Fsp3) is 1.00. The average Bonchev–Trinajstić information content (AvgIpc) is 2.38. The van der Waals surface area contributed by atoms with Crippen LogP contribution < -0.4 is 5.32 Å². The Morgan fingerprint density at radius 3 is 2.47 bits per heavy atom. The number of nitrogens with zero attached hydrogens (tertiary/aromatic N) is 1. The highest BCUT2D eigenvalue weighted by Gasteiger charge is 2.36. The Morgan fingerprint density at radius 2 is 1.89 bits per heavy atom. The van der Waals surface area contributed by atoms with Crippen molar-refractivity contribution >= 4 is 0 Å². The molecule has 19 heavy (non-hydrogen) atoms. The molecule has 1 saturated heterocycles. The van der Waals surface area contributed by atoms with Gasteiger partial charge in [0, 0.05) is 26.2 Å². The second kappa shape index (κ2) is 6.55. The molecule has 1 aliphatic carbocycles. The van der Waals surface area contributed by atoms with Crippen molar-refractivity contribution in [2.24, 2.45) is 17.3 Å². The van der Waals surface area contributed by atoms with Crippen molar-refractivity contribution in [3.05, 3.63) is 0 Å². The maximum atomic E-state index is 9.86. The average molecular weight is 268 g/mol. The van der Waals surface area contributed by atoms with Gasteiger partial charge in [-0.05, 0) is 43.6 Å². The van der Waals surface area contributed by atoms with Crippen LogP contribution in [0.5, 0.6) is 0 Å². The van der Waals surface area contributed by atoms with Gasteiger partial charge in [0.1, 0.15) is 0 Å². The summed E-state index contributed by atoms with van der Waals surface area (Å²) >= 11 is 0. The minimum atomic E-state index is -0.0807. The minimum absolute atomic E-state index is 0.0807. The number of aliphatic hydroxyl groups excluding tert-OH is 1. The standard InChI is InChI=1S/C16H32N2O/c1-13-4-7-16(8-5-13,11-17-3)12-18-9-6-15(19)14(2)10-18/h13-15,17,19H,4-12H2,1-3H3. The monoisotopic (exact) mass is 268 g/mol. The van der Waals surface area contributed by atoms with Crippen LogP contribution in [-0.2, 0) is 0 Å². The fourth-order valence-electron chi connectivity index (χ4n) is 3.98. The lowest BCUT2D eigenvalue weighted by Crippen LogP contribution is -2.50. The normalized spacial score (nSPS) is 41.4. The van der Waals surface area contributed by atoms with E-state index in [9.17, 15) is 5.11 Å². The summed E-state index contributed by atoms with van der Waals surface area (Å²) in [4.78, 5) is 2.60. The summed E-state index contributed by atoms with van der Waals surface area (Å²) in [5, 5.41) is 13.3. The zero-order chi connectivity index (χ0) is 13.9. The van der Waals surface area contributed by atoms with E-state index in [1.165, 1.54) is 32.2 Å². The quantitative estimate of drug-likeness (QED) is 0.820. The molecule has 0 bridgehead atoms. The van der Waals surface area contributed by atoms with E-state index in [1.54, 1.807) is 0 Å². The lowest BCUT2D eigenvalue weighted by atomic mass is 9.70. The third-order valence-electron chi connectivity index (χ3n) is 5.39. The zero-order valence-electron chi connectivity index (χ0n) is 13.0. The molecule has 0 aromatic heterocycles. The van der Waals surface area contributed by atoms with E-state index in [2.05, 4.69) is 31.1 Å². The van der Waals surface area contributed by atoms with Crippen molar-refractivity contribution < 1.29 is 5.11 Å². The predicted octanol–water partition coefficient (Wildman–Crippen LogP) is 2.10. The van der Waals surface area contributed by atoms with Crippen molar-refractivity contribution in [1.82, 2.24) is 10.2 Å². The van der Waals surface area contributed by atoms with Crippen molar-refractivity contribution in [3.8, 4) is 0 Å². The van der Waals surface area contributed by atoms with E-state index in [1.807, 2.05) is 0 Å². The van der Waals surface area contributed by atoms with Crippen molar-refractivity contribution in [3.63, 3.8) is 0 Å². The fourth-order valence-corrected chi connectivity index (χ4v) is 3.98. The SMILES string of the molecule is CNCC1(CN2CCC(O)C(C)C2)CCC(C)CC1. The highest BCUT2D eigenvalue weighted by Crippen LogP contribution is 2.39. The second-order valence-electron chi connectivity index (χ2n) is 7.28. The number of hydrogen-bond acceptors (Lipinski definition) is 3. The van der Waals surface area contributed by atoms with E-state index in [0.717, 1.165) is 32.0 Å². The maximum absolute atomic E-state index is 9.86. The first-order valence-electron chi connectivity index (χ1n) is 8.10. The van der Waals surface area contributed by atoms with Gasteiger partial charge in [0.2, 0.25) is 0 Å². The summed E-state index contributed by atoms with van der Waals surface area (Å²) in [7, 11) is 2.09. The molecule has 0 radical (unpaired) electrons. The number of aliphatic hydroxyl groups is 1. The molecule has 1 saturated carbocycles. The Bertz CT molecular complexity index is 274. The zero-order valence-corrected chi connectivity index (χ0v) is 13.0. The van der Waals surface area contributed by atoms with E-state index < -0.39 is 0 Å². The molecule has 0 amide bonds. The molecule has 2 unspecified atom stereocenters. The predicted molar refractivity (Wildman–Crippen MR) is 80.2 cm³/mol. The second-order valence-corrected chi connectivity index (χ2v) is 7.28. The van der Waals surface area contributed by atoms with Crippen LogP contribution in [0.1, 0.15) is 46.0 Å². The third-order valence-corrected chi connectivity index (χ3v) is 5.39. The van der Waals surface area contributed by atoms with Gasteiger partial charge in [-0.1, -0.05) is 26.7 Å². The van der Waals surface area contributed by atoms with Gasteiger partial charge in [0.25, 0.3) is 0 Å². The van der Waals surface area contributed by atoms with Gasteiger partial charge >= 0.3 is 0 Å². The molecular formula is C16H32N2O. The summed E-state index contributed by atoms with van der Waals surface area (Å²) in [6, 6.07) is 0. The Balaban J connectivity index is 1.93. The van der Waals surface area contributed by atoms with Crippen LogP contribution in [0.25, 0.3) is 0 Å². The summed E-state index contributed by atoms with van der Waals surface area (Å²) in [5.41, 5.74) is 0.475. The number of hydrogen-bond donors (Lipinski definition) is 2. The van der Waals surface area contributed by atoms with Crippen LogP contribution in [-0.4, -0.2) is 49.3 Å². The maximum Gasteiger partial charge on any atom is 0.0590 e. The molecule has 2 rings (SSSR count). The van der Waals surface area contributed by atoms with Gasteiger partial charge in [-0.15, -0.1) is 0 Å². The summed E-state index contributed by atoms with van der Waals surface area (Å²) in [6.07, 6.45) is 6.36. The Labute approximate surface area is 118 Å². The van der Waals surface area contributed by atoms with E-state index in [0.29, 0.717) is 11.3 Å². The van der Waals surface area contributed by atoms with Crippen LogP contribution >= 0.6 is 0 Å². The van der Waals surface area contributed by atoms with Gasteiger partial charge in [-0.25, -0.2) is 0 Å². The largest absolute Gasteiger partial charge is 0.393 e. The highest BCUT2D eigenvalue weighted by atomic mass is 16.3. The minimum Gasteiger partial charge on any atom is -0.393 e. The molecular weight excluding hydrogens is 236 g/mol. The van der Waals surface area contributed by atoms with Crippen molar-refractivity contribution in [2.45, 2.75) is 52.1 Å². The Morgan fingerprint density at radius 1 is 1.21 bits per heavy atom. The molecule has 1 heterocycles. The molecule has 3 heteroatoms. The first-order valence-corrected chi connectivity index (χ1v) is 8.10. The molecule has 2 atom stereocenters. The molecule has 1 aliphatic heterocycles. The number of piperidine rings is 1. The van der Waals surface area contributed by atoms with Gasteiger partial charge in [0.05, 0.1) is 6.10 Å². The topological polar surface area (TPSA) is 35.5 Å². The molecule has 2 aliphatic rings. The lowest BCUT2D eigenvalue weighted by Gasteiger charge is -2.45. The van der Waals surface area contributed by atoms with Crippen LogP contribution in [0.4, 0.5) is 0 Å². The van der Waals surface area contributed by atoms with Gasteiger partial charge in [-0.3, -0.25) is 0 Å². The van der Waals surface area contributed by atoms with Crippen LogP contribution in [0.15, 0.2) is 0 Å². The van der Waals surface area contributed by atoms with Crippen LogP contribution in [0, 0.1) is 17.3 Å². The van der Waals surface area contributed by atoms with Gasteiger partial charge < -0.3 is 15.3 Å². The summed E-state index contributed by atoms with van der Waals surface area (Å²) in [5.74, 6) is 1.34. The third kappa shape index (κ3) is 3.93. The Hall–Kier alpha value is -0.120. The highest BCUT2D eigenvalue weighted by molar-refractivity contribution is 4.90. The molecule has 0 aromatic rings. The van der Waals surface area contributed by atoms with E-state index in [4.69, 9.17) is 0 Å². The number of nitrogens with one attached hydrogen (secondary N) is 1. The number of rotatable bonds is 4. The molecule has 2 N–H and O–H groups in total. The van der Waals surface area contributed by atoms with E-state index in [-0.39, 0.29) is 6.10 Å². The first kappa shape index (κ1) is 15.3. The van der Waals surface area contributed by atoms with Crippen LogP contribution in [0.3, 0.4) is 0 Å². The first-order chi connectivity index (χ1) is 9.04. The van der Waals surface area contributed by atoms with Crippen LogP contribution in [0.2, 0.25) is 0 Å².